The molecular weight excluding hydrogens is 284 g/mol. The van der Waals surface area contributed by atoms with Gasteiger partial charge in [0, 0.05) is 25.7 Å². The van der Waals surface area contributed by atoms with Crippen molar-refractivity contribution in [1.82, 2.24) is 19.5 Å². The quantitative estimate of drug-likeness (QED) is 0.872. The van der Waals surface area contributed by atoms with Crippen LogP contribution < -0.4 is 5.56 Å². The van der Waals surface area contributed by atoms with E-state index in [-0.39, 0.29) is 5.56 Å². The summed E-state index contributed by atoms with van der Waals surface area (Å²) >= 11 is 1.51. The average Bonchev–Trinajstić information content (AvgIpc) is 2.81. The van der Waals surface area contributed by atoms with Crippen LogP contribution in [0.4, 0.5) is 0 Å². The van der Waals surface area contributed by atoms with E-state index in [0.717, 1.165) is 36.8 Å². The Morgan fingerprint density at radius 1 is 1.33 bits per heavy atom. The Hall–Kier alpha value is -1.27. The van der Waals surface area contributed by atoms with Gasteiger partial charge in [0.2, 0.25) is 4.96 Å². The van der Waals surface area contributed by atoms with Crippen LogP contribution in [0.3, 0.4) is 0 Å². The lowest BCUT2D eigenvalue weighted by molar-refractivity contribution is 0.133. The van der Waals surface area contributed by atoms with E-state index in [4.69, 9.17) is 0 Å². The van der Waals surface area contributed by atoms with E-state index >= 15 is 0 Å². The van der Waals surface area contributed by atoms with Crippen LogP contribution in [0.2, 0.25) is 0 Å². The minimum Gasteiger partial charge on any atom is -0.297 e. The molecule has 1 fully saturated rings. The first kappa shape index (κ1) is 14.7. The molecule has 3 heterocycles. The van der Waals surface area contributed by atoms with E-state index in [1.165, 1.54) is 22.3 Å². The van der Waals surface area contributed by atoms with Gasteiger partial charge in [-0.05, 0) is 24.7 Å². The summed E-state index contributed by atoms with van der Waals surface area (Å²) in [5, 5.41) is 5.24. The van der Waals surface area contributed by atoms with E-state index < -0.39 is 0 Å². The fraction of sp³-hybridized carbons (Fsp3) is 0.667. The maximum Gasteiger partial charge on any atom is 0.275 e. The van der Waals surface area contributed by atoms with Gasteiger partial charge < -0.3 is 0 Å². The number of hydrogen-bond acceptors (Lipinski definition) is 5. The predicted molar refractivity (Wildman–Crippen MR) is 84.7 cm³/mol. The first-order valence-electron chi connectivity index (χ1n) is 7.66. The molecule has 0 saturated carbocycles. The number of aromatic nitrogens is 3. The molecule has 114 valence electrons. The monoisotopic (exact) mass is 306 g/mol. The van der Waals surface area contributed by atoms with E-state index in [2.05, 4.69) is 28.8 Å². The van der Waals surface area contributed by atoms with Gasteiger partial charge in [-0.25, -0.2) is 4.98 Å². The highest BCUT2D eigenvalue weighted by atomic mass is 32.1. The molecule has 0 bridgehead atoms. The van der Waals surface area contributed by atoms with Gasteiger partial charge in [-0.2, -0.15) is 9.61 Å². The topological polar surface area (TPSA) is 50.5 Å². The Morgan fingerprint density at radius 3 is 2.71 bits per heavy atom. The van der Waals surface area contributed by atoms with Crippen LogP contribution >= 0.6 is 11.3 Å². The summed E-state index contributed by atoms with van der Waals surface area (Å²) < 4.78 is 1.43. The van der Waals surface area contributed by atoms with Crippen LogP contribution in [-0.2, 0) is 13.0 Å². The van der Waals surface area contributed by atoms with Crippen LogP contribution in [-0.4, -0.2) is 32.6 Å². The zero-order valence-corrected chi connectivity index (χ0v) is 13.7. The minimum absolute atomic E-state index is 0.0657. The van der Waals surface area contributed by atoms with Crippen LogP contribution in [0.1, 0.15) is 37.9 Å². The van der Waals surface area contributed by atoms with Crippen molar-refractivity contribution in [2.75, 3.05) is 13.1 Å². The summed E-state index contributed by atoms with van der Waals surface area (Å²) in [6.45, 7) is 9.58. The number of hydrogen-bond donors (Lipinski definition) is 0. The molecule has 2 aromatic rings. The second-order valence-corrected chi connectivity index (χ2v) is 7.31. The van der Waals surface area contributed by atoms with Crippen molar-refractivity contribution in [2.24, 2.45) is 11.8 Å². The number of fused-ring (bicyclic) bond motifs is 1. The Bertz CT molecular complexity index is 683. The maximum atomic E-state index is 12.1. The zero-order valence-electron chi connectivity index (χ0n) is 12.9. The van der Waals surface area contributed by atoms with Gasteiger partial charge >= 0.3 is 0 Å². The fourth-order valence-corrected chi connectivity index (χ4v) is 4.13. The third-order valence-electron chi connectivity index (χ3n) is 3.97. The first-order valence-corrected chi connectivity index (χ1v) is 8.47. The number of aryl methyl sites for hydroxylation is 1. The Kier molecular flexibility index (Phi) is 4.08. The lowest BCUT2D eigenvalue weighted by Gasteiger charge is -2.34. The number of nitrogens with zero attached hydrogens (tertiary/aromatic N) is 4. The molecule has 0 amide bonds. The highest BCUT2D eigenvalue weighted by molar-refractivity contribution is 7.16. The molecule has 2 aromatic heterocycles. The molecule has 0 radical (unpaired) electrons. The minimum atomic E-state index is -0.0657. The first-order chi connectivity index (χ1) is 10.0. The van der Waals surface area contributed by atoms with Crippen molar-refractivity contribution in [3.8, 4) is 0 Å². The van der Waals surface area contributed by atoms with Crippen molar-refractivity contribution in [2.45, 2.75) is 40.2 Å². The van der Waals surface area contributed by atoms with Crippen LogP contribution in [0.25, 0.3) is 4.96 Å². The Morgan fingerprint density at radius 2 is 2.05 bits per heavy atom. The van der Waals surface area contributed by atoms with Gasteiger partial charge in [0.15, 0.2) is 0 Å². The van der Waals surface area contributed by atoms with Crippen LogP contribution in [0.15, 0.2) is 10.9 Å². The molecular formula is C15H22N4OS. The lowest BCUT2D eigenvalue weighted by atomic mass is 9.92. The zero-order chi connectivity index (χ0) is 15.0. The Balaban J connectivity index is 1.85. The third-order valence-corrected chi connectivity index (χ3v) is 5.03. The standard InChI is InChI=1S/C15H22N4OS/c1-4-13-17-19-14(20)6-12(16-15(19)21-13)9-18-7-10(2)5-11(3)8-18/h6,10-11H,4-5,7-9H2,1-3H3/t10-,11+. The highest BCUT2D eigenvalue weighted by Crippen LogP contribution is 2.22. The largest absolute Gasteiger partial charge is 0.297 e. The highest BCUT2D eigenvalue weighted by Gasteiger charge is 2.22. The van der Waals surface area contributed by atoms with E-state index in [9.17, 15) is 4.79 Å². The van der Waals surface area contributed by atoms with Gasteiger partial charge in [-0.3, -0.25) is 9.69 Å². The molecule has 5 nitrogen and oxygen atoms in total. The van der Waals surface area contributed by atoms with Gasteiger partial charge in [-0.1, -0.05) is 32.1 Å². The van der Waals surface area contributed by atoms with Crippen LogP contribution in [0, 0.1) is 11.8 Å². The average molecular weight is 306 g/mol. The summed E-state index contributed by atoms with van der Waals surface area (Å²) in [6.07, 6.45) is 2.13. The number of piperidine rings is 1. The van der Waals surface area contributed by atoms with Crippen LogP contribution in [0.5, 0.6) is 0 Å². The molecule has 6 heteroatoms. The van der Waals surface area contributed by atoms with Gasteiger partial charge in [0.25, 0.3) is 5.56 Å². The summed E-state index contributed by atoms with van der Waals surface area (Å²) in [6, 6.07) is 1.64. The van der Waals surface area contributed by atoms with Gasteiger partial charge in [-0.15, -0.1) is 0 Å². The molecule has 21 heavy (non-hydrogen) atoms. The number of likely N-dealkylation sites (tertiary alicyclic amines) is 1. The van der Waals surface area contributed by atoms with Crippen molar-refractivity contribution >= 4 is 16.3 Å². The second kappa shape index (κ2) is 5.85. The molecule has 3 rings (SSSR count). The lowest BCUT2D eigenvalue weighted by Crippen LogP contribution is -2.38. The van der Waals surface area contributed by atoms with Crippen molar-refractivity contribution < 1.29 is 0 Å². The van der Waals surface area contributed by atoms with E-state index in [1.807, 2.05) is 6.92 Å². The molecule has 1 saturated heterocycles. The summed E-state index contributed by atoms with van der Waals surface area (Å²) in [5.74, 6) is 1.43. The third kappa shape index (κ3) is 3.16. The van der Waals surface area contributed by atoms with Crippen molar-refractivity contribution in [1.29, 1.82) is 0 Å². The van der Waals surface area contributed by atoms with Crippen molar-refractivity contribution in [3.05, 3.63) is 27.1 Å². The fourth-order valence-electron chi connectivity index (χ4n) is 3.27. The molecule has 0 N–H and O–H groups in total. The molecule has 0 spiro atoms. The smallest absolute Gasteiger partial charge is 0.275 e. The van der Waals surface area contributed by atoms with Gasteiger partial charge in [0.1, 0.15) is 5.01 Å². The predicted octanol–water partition coefficient (Wildman–Crippen LogP) is 2.19. The van der Waals surface area contributed by atoms with E-state index in [1.54, 1.807) is 6.07 Å². The number of rotatable bonds is 3. The Labute approximate surface area is 128 Å². The summed E-state index contributed by atoms with van der Waals surface area (Å²) in [4.78, 5) is 19.9. The summed E-state index contributed by atoms with van der Waals surface area (Å²) in [7, 11) is 0. The SMILES string of the molecule is CCc1nn2c(=O)cc(CN3C[C@H](C)C[C@H](C)C3)nc2s1. The normalized spacial score (nSPS) is 23.8. The van der Waals surface area contributed by atoms with Crippen molar-refractivity contribution in [3.63, 3.8) is 0 Å². The second-order valence-electron chi connectivity index (χ2n) is 6.27. The molecule has 1 aliphatic heterocycles. The molecule has 0 unspecified atom stereocenters. The van der Waals surface area contributed by atoms with E-state index in [0.29, 0.717) is 16.8 Å². The molecule has 0 aliphatic carbocycles. The molecule has 0 aromatic carbocycles. The maximum absolute atomic E-state index is 12.1. The summed E-state index contributed by atoms with van der Waals surface area (Å²) in [5.41, 5.74) is 0.802. The molecule has 1 aliphatic rings. The van der Waals surface area contributed by atoms with Gasteiger partial charge in [0.05, 0.1) is 5.69 Å². The molecule has 2 atom stereocenters.